The Morgan fingerprint density at radius 1 is 1.25 bits per heavy atom. The number of ether oxygens (including phenoxy) is 2. The fourth-order valence-electron chi connectivity index (χ4n) is 3.56. The molecule has 1 aliphatic heterocycles. The number of rotatable bonds is 7. The fourth-order valence-corrected chi connectivity index (χ4v) is 3.56. The van der Waals surface area contributed by atoms with Gasteiger partial charge in [0.25, 0.3) is 0 Å². The second-order valence-corrected chi connectivity index (χ2v) is 7.44. The van der Waals surface area contributed by atoms with Gasteiger partial charge in [-0.3, -0.25) is 9.69 Å². The van der Waals surface area contributed by atoms with Crippen molar-refractivity contribution in [3.63, 3.8) is 0 Å². The lowest BCUT2D eigenvalue weighted by atomic mass is 9.97. The predicted molar refractivity (Wildman–Crippen MR) is 102 cm³/mol. The minimum Gasteiger partial charge on any atom is -0.493 e. The molecule has 0 spiro atoms. The van der Waals surface area contributed by atoms with Crippen LogP contribution in [0.4, 0.5) is 0 Å². The number of methoxy groups -OCH3 is 2. The van der Waals surface area contributed by atoms with Gasteiger partial charge in [0, 0.05) is 18.2 Å². The average Bonchev–Trinajstić information content (AvgIpc) is 3.42. The molecule has 1 N–H and O–H groups in total. The molecule has 28 heavy (non-hydrogen) atoms. The molecular weight excluding hydrogens is 360 g/mol. The number of hydrogen-bond acceptors (Lipinski definition) is 7. The van der Waals surface area contributed by atoms with E-state index in [0.717, 1.165) is 44.3 Å². The number of aromatic nitrogens is 2. The normalized spacial score (nSPS) is 20.0. The van der Waals surface area contributed by atoms with Crippen LogP contribution in [0.2, 0.25) is 0 Å². The van der Waals surface area contributed by atoms with E-state index >= 15 is 0 Å². The zero-order chi connectivity index (χ0) is 19.5. The van der Waals surface area contributed by atoms with Crippen molar-refractivity contribution in [3.8, 4) is 22.9 Å². The highest BCUT2D eigenvalue weighted by molar-refractivity contribution is 5.79. The van der Waals surface area contributed by atoms with E-state index in [9.17, 15) is 4.79 Å². The van der Waals surface area contributed by atoms with Gasteiger partial charge in [-0.2, -0.15) is 4.98 Å². The third-order valence-corrected chi connectivity index (χ3v) is 5.27. The van der Waals surface area contributed by atoms with E-state index in [1.807, 2.05) is 18.2 Å². The Labute approximate surface area is 164 Å². The highest BCUT2D eigenvalue weighted by Gasteiger charge is 2.31. The van der Waals surface area contributed by atoms with Crippen LogP contribution in [0.25, 0.3) is 11.4 Å². The van der Waals surface area contributed by atoms with E-state index in [1.54, 1.807) is 14.2 Å². The first-order valence-corrected chi connectivity index (χ1v) is 9.74. The van der Waals surface area contributed by atoms with Crippen molar-refractivity contribution in [2.24, 2.45) is 5.92 Å². The van der Waals surface area contributed by atoms with Crippen LogP contribution in [0.15, 0.2) is 22.7 Å². The lowest BCUT2D eigenvalue weighted by Gasteiger charge is -2.30. The zero-order valence-corrected chi connectivity index (χ0v) is 16.3. The second kappa shape index (κ2) is 8.18. The van der Waals surface area contributed by atoms with Gasteiger partial charge in [0.05, 0.1) is 26.7 Å². The van der Waals surface area contributed by atoms with Crippen molar-refractivity contribution in [3.05, 3.63) is 24.1 Å². The minimum atomic E-state index is 0.0441. The summed E-state index contributed by atoms with van der Waals surface area (Å²) in [4.78, 5) is 19.1. The molecule has 0 bridgehead atoms. The van der Waals surface area contributed by atoms with Gasteiger partial charge in [-0.25, -0.2) is 0 Å². The van der Waals surface area contributed by atoms with Gasteiger partial charge >= 0.3 is 0 Å². The highest BCUT2D eigenvalue weighted by atomic mass is 16.5. The number of nitrogens with one attached hydrogen (secondary N) is 1. The molecule has 0 radical (unpaired) electrons. The second-order valence-electron chi connectivity index (χ2n) is 7.44. The zero-order valence-electron chi connectivity index (χ0n) is 16.3. The predicted octanol–water partition coefficient (Wildman–Crippen LogP) is 2.24. The van der Waals surface area contributed by atoms with Gasteiger partial charge < -0.3 is 19.3 Å². The van der Waals surface area contributed by atoms with Crippen molar-refractivity contribution in [2.75, 3.05) is 27.3 Å². The summed E-state index contributed by atoms with van der Waals surface area (Å²) in [5.74, 6) is 2.56. The maximum Gasteiger partial charge on any atom is 0.241 e. The van der Waals surface area contributed by atoms with Crippen LogP contribution < -0.4 is 14.8 Å². The quantitative estimate of drug-likeness (QED) is 0.780. The SMILES string of the molecule is COc1ccc(-c2noc(CN3CCC[C@@H](C(=O)NC4CC4)C3)n2)cc1OC. The van der Waals surface area contributed by atoms with Gasteiger partial charge in [0.15, 0.2) is 11.5 Å². The molecule has 1 aromatic heterocycles. The first kappa shape index (κ1) is 18.7. The summed E-state index contributed by atoms with van der Waals surface area (Å²) in [5.41, 5.74) is 0.799. The van der Waals surface area contributed by atoms with Crippen LogP contribution in [0.5, 0.6) is 11.5 Å². The Kier molecular flexibility index (Phi) is 5.47. The molecule has 1 aromatic carbocycles. The first-order chi connectivity index (χ1) is 13.7. The monoisotopic (exact) mass is 386 g/mol. The molecular formula is C20H26N4O4. The van der Waals surface area contributed by atoms with E-state index in [2.05, 4.69) is 20.4 Å². The van der Waals surface area contributed by atoms with Crippen LogP contribution in [-0.2, 0) is 11.3 Å². The third kappa shape index (κ3) is 4.27. The number of piperidine rings is 1. The van der Waals surface area contributed by atoms with Crippen molar-refractivity contribution in [1.82, 2.24) is 20.4 Å². The van der Waals surface area contributed by atoms with Crippen LogP contribution in [0.1, 0.15) is 31.6 Å². The molecule has 2 aliphatic rings. The Morgan fingerprint density at radius 3 is 2.82 bits per heavy atom. The van der Waals surface area contributed by atoms with Gasteiger partial charge in [-0.05, 0) is 50.4 Å². The number of carbonyl (C=O) groups excluding carboxylic acids is 1. The van der Waals surface area contributed by atoms with E-state index in [0.29, 0.717) is 35.8 Å². The number of benzene rings is 1. The van der Waals surface area contributed by atoms with Crippen molar-refractivity contribution in [2.45, 2.75) is 38.3 Å². The van der Waals surface area contributed by atoms with Crippen LogP contribution in [0, 0.1) is 5.92 Å². The third-order valence-electron chi connectivity index (χ3n) is 5.27. The maximum atomic E-state index is 12.3. The largest absolute Gasteiger partial charge is 0.493 e. The standard InChI is InChI=1S/C20H26N4O4/c1-26-16-8-5-13(10-17(16)27-2)19-22-18(28-23-19)12-24-9-3-4-14(11-24)20(25)21-15-6-7-15/h5,8,10,14-15H,3-4,6-7,9,11-12H2,1-2H3,(H,21,25)/t14-/m1/s1. The molecule has 8 heteroatoms. The van der Waals surface area contributed by atoms with E-state index in [1.165, 1.54) is 0 Å². The fraction of sp³-hybridized carbons (Fsp3) is 0.550. The summed E-state index contributed by atoms with van der Waals surface area (Å²) in [6.45, 7) is 2.21. The van der Waals surface area contributed by atoms with Crippen molar-refractivity contribution < 1.29 is 18.8 Å². The summed E-state index contributed by atoms with van der Waals surface area (Å²) in [6, 6.07) is 5.92. The Bertz CT molecular complexity index is 833. The highest BCUT2D eigenvalue weighted by Crippen LogP contribution is 2.31. The Morgan fingerprint density at radius 2 is 2.07 bits per heavy atom. The summed E-state index contributed by atoms with van der Waals surface area (Å²) >= 11 is 0. The molecule has 0 unspecified atom stereocenters. The Hall–Kier alpha value is -2.61. The van der Waals surface area contributed by atoms with E-state index in [-0.39, 0.29) is 11.8 Å². The molecule has 1 amide bonds. The molecule has 1 saturated heterocycles. The van der Waals surface area contributed by atoms with Gasteiger partial charge in [-0.15, -0.1) is 0 Å². The van der Waals surface area contributed by atoms with Crippen molar-refractivity contribution in [1.29, 1.82) is 0 Å². The molecule has 2 heterocycles. The lowest BCUT2D eigenvalue weighted by molar-refractivity contribution is -0.127. The smallest absolute Gasteiger partial charge is 0.241 e. The topological polar surface area (TPSA) is 89.7 Å². The number of hydrogen-bond donors (Lipinski definition) is 1. The molecule has 150 valence electrons. The van der Waals surface area contributed by atoms with Crippen LogP contribution in [0.3, 0.4) is 0 Å². The van der Waals surface area contributed by atoms with Gasteiger partial charge in [-0.1, -0.05) is 5.16 Å². The van der Waals surface area contributed by atoms with Crippen LogP contribution in [-0.4, -0.2) is 54.3 Å². The molecule has 2 fully saturated rings. The van der Waals surface area contributed by atoms with E-state index in [4.69, 9.17) is 14.0 Å². The minimum absolute atomic E-state index is 0.0441. The molecule has 1 saturated carbocycles. The van der Waals surface area contributed by atoms with E-state index < -0.39 is 0 Å². The summed E-state index contributed by atoms with van der Waals surface area (Å²) in [5, 5.41) is 7.21. The summed E-state index contributed by atoms with van der Waals surface area (Å²) in [6.07, 6.45) is 4.17. The Balaban J connectivity index is 1.39. The molecule has 8 nitrogen and oxygen atoms in total. The summed E-state index contributed by atoms with van der Waals surface area (Å²) in [7, 11) is 3.19. The molecule has 1 atom stereocenters. The molecule has 4 rings (SSSR count). The van der Waals surface area contributed by atoms with Gasteiger partial charge in [0.1, 0.15) is 0 Å². The number of amides is 1. The lowest BCUT2D eigenvalue weighted by Crippen LogP contribution is -2.43. The number of likely N-dealkylation sites (tertiary alicyclic amines) is 1. The van der Waals surface area contributed by atoms with Crippen molar-refractivity contribution >= 4 is 5.91 Å². The average molecular weight is 386 g/mol. The van der Waals surface area contributed by atoms with Crippen LogP contribution >= 0.6 is 0 Å². The first-order valence-electron chi connectivity index (χ1n) is 9.74. The summed E-state index contributed by atoms with van der Waals surface area (Å²) < 4.78 is 16.0. The molecule has 2 aromatic rings. The maximum absolute atomic E-state index is 12.3. The molecule has 1 aliphatic carbocycles. The number of nitrogens with zero attached hydrogens (tertiary/aromatic N) is 3. The van der Waals surface area contributed by atoms with Gasteiger partial charge in [0.2, 0.25) is 17.6 Å². The number of carbonyl (C=O) groups is 1.